The van der Waals surface area contributed by atoms with E-state index in [9.17, 15) is 4.79 Å². The topological polar surface area (TPSA) is 111 Å². The van der Waals surface area contributed by atoms with Crippen LogP contribution in [-0.4, -0.2) is 46.5 Å². The largest absolute Gasteiger partial charge is 0.398 e. The summed E-state index contributed by atoms with van der Waals surface area (Å²) in [6.45, 7) is 3.91. The highest BCUT2D eigenvalue weighted by atomic mass is 35.5. The van der Waals surface area contributed by atoms with E-state index in [4.69, 9.17) is 38.6 Å². The number of amidine groups is 1. The van der Waals surface area contributed by atoms with E-state index in [-0.39, 0.29) is 34.2 Å². The first-order chi connectivity index (χ1) is 14.7. The van der Waals surface area contributed by atoms with Crippen LogP contribution in [0.5, 0.6) is 0 Å². The Morgan fingerprint density at radius 2 is 2.03 bits per heavy atom. The van der Waals surface area contributed by atoms with Gasteiger partial charge in [-0.1, -0.05) is 57.8 Å². The number of amides is 1. The van der Waals surface area contributed by atoms with Gasteiger partial charge in [0.05, 0.1) is 0 Å². The van der Waals surface area contributed by atoms with Gasteiger partial charge in [0.15, 0.2) is 16.7 Å². The number of halogens is 2. The molecule has 0 aliphatic heterocycles. The minimum atomic E-state index is -0.426. The van der Waals surface area contributed by atoms with E-state index < -0.39 is 5.54 Å². The van der Waals surface area contributed by atoms with Crippen LogP contribution < -0.4 is 11.1 Å². The first-order valence-corrected chi connectivity index (χ1v) is 11.9. The van der Waals surface area contributed by atoms with Crippen LogP contribution in [0.25, 0.3) is 0 Å². The predicted molar refractivity (Wildman–Crippen MR) is 128 cm³/mol. The number of carbonyl (C=O) groups excluding carboxylic acids is 1. The van der Waals surface area contributed by atoms with Crippen LogP contribution in [0.4, 0.5) is 0 Å². The number of nitrogens with zero attached hydrogens (tertiary/aromatic N) is 3. The number of benzene rings is 1. The Balaban J connectivity index is 2.22. The zero-order valence-corrected chi connectivity index (χ0v) is 20.6. The molecule has 0 aliphatic rings. The van der Waals surface area contributed by atoms with Gasteiger partial charge >= 0.3 is 0 Å². The van der Waals surface area contributed by atoms with E-state index in [0.29, 0.717) is 16.0 Å². The molecule has 2 aromatic rings. The van der Waals surface area contributed by atoms with Crippen molar-refractivity contribution in [3.05, 3.63) is 50.4 Å². The predicted octanol–water partition coefficient (Wildman–Crippen LogP) is 3.90. The summed E-state index contributed by atoms with van der Waals surface area (Å²) in [5.74, 6) is 0.429. The fourth-order valence-electron chi connectivity index (χ4n) is 2.58. The summed E-state index contributed by atoms with van der Waals surface area (Å²) in [5, 5.41) is 11.2. The second-order valence-corrected chi connectivity index (χ2v) is 9.29. The van der Waals surface area contributed by atoms with Gasteiger partial charge in [0, 0.05) is 22.4 Å². The molecular weight excluding hydrogens is 481 g/mol. The fourth-order valence-corrected chi connectivity index (χ4v) is 4.49. The molecule has 0 saturated carbocycles. The van der Waals surface area contributed by atoms with Crippen molar-refractivity contribution in [3.8, 4) is 0 Å². The minimum Gasteiger partial charge on any atom is -0.398 e. The maximum atomic E-state index is 12.9. The molecule has 0 fully saturated rings. The highest BCUT2D eigenvalue weighted by Gasteiger charge is 2.25. The van der Waals surface area contributed by atoms with Crippen LogP contribution >= 0.6 is 46.5 Å². The number of rotatable bonds is 10. The normalized spacial score (nSPS) is 12.6. The van der Waals surface area contributed by atoms with Gasteiger partial charge in [-0.3, -0.25) is 4.79 Å². The molecule has 12 heteroatoms. The molecular formula is C19H23Cl2N5O3S2. The second kappa shape index (κ2) is 11.6. The lowest BCUT2D eigenvalue weighted by atomic mass is 10.0. The van der Waals surface area contributed by atoms with E-state index in [2.05, 4.69) is 20.0 Å². The van der Waals surface area contributed by atoms with Gasteiger partial charge in [-0.25, -0.2) is 0 Å². The Labute approximate surface area is 199 Å². The van der Waals surface area contributed by atoms with Crippen LogP contribution in [0.3, 0.4) is 0 Å². The summed E-state index contributed by atoms with van der Waals surface area (Å²) in [7, 11) is 1.38. The Kier molecular flexibility index (Phi) is 9.42. The molecule has 0 atom stereocenters. The summed E-state index contributed by atoms with van der Waals surface area (Å²) in [4.78, 5) is 23.7. The first-order valence-electron chi connectivity index (χ1n) is 8.97. The molecule has 3 N–H and O–H groups in total. The maximum absolute atomic E-state index is 12.9. The molecule has 0 saturated heterocycles. The summed E-state index contributed by atoms with van der Waals surface area (Å²) >= 11 is 14.5. The minimum absolute atomic E-state index is 0.0330. The highest BCUT2D eigenvalue weighted by Crippen LogP contribution is 2.28. The number of aromatic nitrogens is 1. The number of hydrogen-bond acceptors (Lipinski definition) is 8. The molecule has 8 nitrogen and oxygen atoms in total. The van der Waals surface area contributed by atoms with Crippen LogP contribution in [0, 0.1) is 0 Å². The van der Waals surface area contributed by atoms with Gasteiger partial charge < -0.3 is 20.7 Å². The fraction of sp³-hybridized carbons (Fsp3) is 0.368. The number of hydrogen-bond donors (Lipinski definition) is 2. The van der Waals surface area contributed by atoms with E-state index in [1.165, 1.54) is 7.11 Å². The van der Waals surface area contributed by atoms with Crippen molar-refractivity contribution in [2.24, 2.45) is 16.0 Å². The number of nitrogens with one attached hydrogen (secondary N) is 1. The Morgan fingerprint density at radius 3 is 2.65 bits per heavy atom. The van der Waals surface area contributed by atoms with Crippen molar-refractivity contribution in [1.82, 2.24) is 9.69 Å². The summed E-state index contributed by atoms with van der Waals surface area (Å²) < 4.78 is 3.91. The second-order valence-electron chi connectivity index (χ2n) is 6.92. The van der Waals surface area contributed by atoms with Crippen molar-refractivity contribution in [1.29, 1.82) is 0 Å². The number of oxime groups is 2. The SMILES string of the molecule is CO/N=C(/C(=O)NC(C)(C)CSC)c1ccccc1CO/N=C(\N)c1snc(Cl)c1Cl. The van der Waals surface area contributed by atoms with Gasteiger partial charge in [0.1, 0.15) is 23.6 Å². The molecule has 168 valence electrons. The Morgan fingerprint density at radius 1 is 1.32 bits per heavy atom. The van der Waals surface area contributed by atoms with Crippen LogP contribution in [0.2, 0.25) is 10.2 Å². The lowest BCUT2D eigenvalue weighted by Gasteiger charge is -2.25. The van der Waals surface area contributed by atoms with Crippen LogP contribution in [-0.2, 0) is 21.1 Å². The van der Waals surface area contributed by atoms with Gasteiger partial charge in [0.2, 0.25) is 0 Å². The molecule has 2 rings (SSSR count). The average Bonchev–Trinajstić information content (AvgIpc) is 3.04. The monoisotopic (exact) mass is 503 g/mol. The number of carbonyl (C=O) groups is 1. The quantitative estimate of drug-likeness (QED) is 0.289. The molecule has 0 spiro atoms. The highest BCUT2D eigenvalue weighted by molar-refractivity contribution is 7.98. The lowest BCUT2D eigenvalue weighted by Crippen LogP contribution is -2.48. The summed E-state index contributed by atoms with van der Waals surface area (Å²) in [6, 6.07) is 7.16. The molecule has 0 unspecified atom stereocenters. The van der Waals surface area contributed by atoms with E-state index >= 15 is 0 Å². The third-order valence-corrected chi connectivity index (χ3v) is 6.67. The van der Waals surface area contributed by atoms with Crippen molar-refractivity contribution in [2.45, 2.75) is 26.0 Å². The Hall–Kier alpha value is -2.01. The smallest absolute Gasteiger partial charge is 0.274 e. The van der Waals surface area contributed by atoms with Gasteiger partial charge in [0.25, 0.3) is 5.91 Å². The lowest BCUT2D eigenvalue weighted by molar-refractivity contribution is -0.116. The average molecular weight is 504 g/mol. The number of thioether (sulfide) groups is 1. The zero-order chi connectivity index (χ0) is 23.0. The molecule has 0 bridgehead atoms. The third kappa shape index (κ3) is 6.99. The third-order valence-electron chi connectivity index (χ3n) is 3.84. The molecule has 31 heavy (non-hydrogen) atoms. The molecule has 1 heterocycles. The van der Waals surface area contributed by atoms with Gasteiger partial charge in [-0.2, -0.15) is 16.1 Å². The molecule has 1 aromatic heterocycles. The first kappa shape index (κ1) is 25.3. The van der Waals surface area contributed by atoms with Gasteiger partial charge in [-0.15, -0.1) is 0 Å². The van der Waals surface area contributed by atoms with E-state index in [1.807, 2.05) is 26.2 Å². The standard InChI is InChI=1S/C19H23Cl2N5O3S2/c1-19(2,10-30-4)23-18(27)14(24-28-3)12-8-6-5-7-11(12)9-29-25-17(22)15-13(20)16(21)26-31-15/h5-8H,9-10H2,1-4H3,(H2,22,25)(H,23,27)/b24-14+. The van der Waals surface area contributed by atoms with Crippen molar-refractivity contribution < 1.29 is 14.5 Å². The van der Waals surface area contributed by atoms with Crippen LogP contribution in [0.15, 0.2) is 34.6 Å². The van der Waals surface area contributed by atoms with Crippen molar-refractivity contribution in [2.75, 3.05) is 19.1 Å². The zero-order valence-electron chi connectivity index (χ0n) is 17.4. The molecule has 0 radical (unpaired) electrons. The van der Waals surface area contributed by atoms with E-state index in [1.54, 1.807) is 30.0 Å². The molecule has 1 aromatic carbocycles. The van der Waals surface area contributed by atoms with E-state index in [0.717, 1.165) is 17.3 Å². The van der Waals surface area contributed by atoms with Crippen molar-refractivity contribution >= 4 is 64.0 Å². The molecule has 1 amide bonds. The van der Waals surface area contributed by atoms with Gasteiger partial charge in [-0.05, 0) is 31.6 Å². The van der Waals surface area contributed by atoms with Crippen LogP contribution in [0.1, 0.15) is 29.9 Å². The molecule has 0 aliphatic carbocycles. The summed E-state index contributed by atoms with van der Waals surface area (Å²) in [5.41, 5.74) is 6.83. The maximum Gasteiger partial charge on any atom is 0.274 e. The summed E-state index contributed by atoms with van der Waals surface area (Å²) in [6.07, 6.45) is 1.98. The Bertz CT molecular complexity index is 979. The number of nitrogens with two attached hydrogens (primary N) is 1. The van der Waals surface area contributed by atoms with Crippen molar-refractivity contribution in [3.63, 3.8) is 0 Å².